The Morgan fingerprint density at radius 2 is 2.15 bits per heavy atom. The first-order valence-electron chi connectivity index (χ1n) is 6.68. The first-order chi connectivity index (χ1) is 9.24. The smallest absolute Gasteiger partial charge is 0.241 e. The van der Waals surface area contributed by atoms with Crippen LogP contribution in [0.5, 0.6) is 0 Å². The molecule has 1 heterocycles. The molecule has 118 valence electrons. The number of hydrogen-bond donors (Lipinski definition) is 2. The zero-order valence-corrected chi connectivity index (χ0v) is 13.4. The van der Waals surface area contributed by atoms with E-state index in [-0.39, 0.29) is 12.1 Å². The zero-order chi connectivity index (χ0) is 15.4. The van der Waals surface area contributed by atoms with Crippen LogP contribution in [-0.2, 0) is 19.6 Å². The third-order valence-corrected chi connectivity index (χ3v) is 5.30. The van der Waals surface area contributed by atoms with Crippen LogP contribution in [0.15, 0.2) is 0 Å². The summed E-state index contributed by atoms with van der Waals surface area (Å²) >= 11 is 0. The summed E-state index contributed by atoms with van der Waals surface area (Å²) < 4.78 is 32.0. The van der Waals surface area contributed by atoms with Gasteiger partial charge in [0.15, 0.2) is 5.25 Å². The summed E-state index contributed by atoms with van der Waals surface area (Å²) in [5, 5.41) is 2.19. The minimum absolute atomic E-state index is 0.230. The first kappa shape index (κ1) is 17.4. The van der Waals surface area contributed by atoms with Crippen LogP contribution in [0.1, 0.15) is 19.8 Å². The number of sulfonamides is 1. The van der Waals surface area contributed by atoms with E-state index >= 15 is 0 Å². The topological polar surface area (TPSA) is 87.7 Å². The standard InChI is InChI=1S/C12H25N3O4S/c1-10(11(16)15(2)3)20(17,18)14-8-12(9-19-4)6-5-7-13-12/h10,13-14H,5-9H2,1-4H3. The van der Waals surface area contributed by atoms with Crippen LogP contribution in [0.25, 0.3) is 0 Å². The zero-order valence-electron chi connectivity index (χ0n) is 12.6. The van der Waals surface area contributed by atoms with Gasteiger partial charge in [-0.15, -0.1) is 0 Å². The molecule has 1 aliphatic heterocycles. The quantitative estimate of drug-likeness (QED) is 0.640. The summed E-state index contributed by atoms with van der Waals surface area (Å²) in [6.07, 6.45) is 1.83. The molecular weight excluding hydrogens is 282 g/mol. The van der Waals surface area contributed by atoms with E-state index in [9.17, 15) is 13.2 Å². The highest BCUT2D eigenvalue weighted by Gasteiger charge is 2.37. The highest BCUT2D eigenvalue weighted by Crippen LogP contribution is 2.19. The largest absolute Gasteiger partial charge is 0.383 e. The number of carbonyl (C=O) groups excluding carboxylic acids is 1. The first-order valence-corrected chi connectivity index (χ1v) is 8.22. The van der Waals surface area contributed by atoms with Crippen molar-refractivity contribution in [2.45, 2.75) is 30.6 Å². The molecule has 1 amide bonds. The number of rotatable bonds is 7. The minimum Gasteiger partial charge on any atom is -0.383 e. The molecule has 1 fully saturated rings. The van der Waals surface area contributed by atoms with Gasteiger partial charge in [-0.2, -0.15) is 0 Å². The van der Waals surface area contributed by atoms with Gasteiger partial charge in [-0.25, -0.2) is 13.1 Å². The number of nitrogens with one attached hydrogen (secondary N) is 2. The summed E-state index contributed by atoms with van der Waals surface area (Å²) in [6.45, 7) is 2.91. The summed E-state index contributed by atoms with van der Waals surface area (Å²) in [6, 6.07) is 0. The molecule has 0 saturated carbocycles. The molecule has 0 aromatic heterocycles. The number of ether oxygens (including phenoxy) is 1. The van der Waals surface area contributed by atoms with Crippen LogP contribution in [0.4, 0.5) is 0 Å². The summed E-state index contributed by atoms with van der Waals surface area (Å²) in [5.74, 6) is -0.433. The second-order valence-electron chi connectivity index (χ2n) is 5.48. The lowest BCUT2D eigenvalue weighted by Crippen LogP contribution is -2.55. The molecule has 1 rings (SSSR count). The van der Waals surface area contributed by atoms with Crippen molar-refractivity contribution in [3.63, 3.8) is 0 Å². The van der Waals surface area contributed by atoms with Gasteiger partial charge in [0.05, 0.1) is 12.1 Å². The molecule has 7 nitrogen and oxygen atoms in total. The second-order valence-corrected chi connectivity index (χ2v) is 7.57. The van der Waals surface area contributed by atoms with Crippen molar-refractivity contribution in [3.05, 3.63) is 0 Å². The van der Waals surface area contributed by atoms with E-state index in [1.54, 1.807) is 21.2 Å². The highest BCUT2D eigenvalue weighted by molar-refractivity contribution is 7.90. The highest BCUT2D eigenvalue weighted by atomic mass is 32.2. The van der Waals surface area contributed by atoms with E-state index < -0.39 is 21.2 Å². The van der Waals surface area contributed by atoms with Crippen LogP contribution >= 0.6 is 0 Å². The van der Waals surface area contributed by atoms with Crippen molar-refractivity contribution < 1.29 is 17.9 Å². The van der Waals surface area contributed by atoms with Gasteiger partial charge >= 0.3 is 0 Å². The van der Waals surface area contributed by atoms with Crippen molar-refractivity contribution in [2.24, 2.45) is 0 Å². The monoisotopic (exact) mass is 307 g/mol. The van der Waals surface area contributed by atoms with Crippen molar-refractivity contribution >= 4 is 15.9 Å². The van der Waals surface area contributed by atoms with Gasteiger partial charge in [-0.1, -0.05) is 0 Å². The molecule has 8 heteroatoms. The van der Waals surface area contributed by atoms with Crippen LogP contribution in [0.3, 0.4) is 0 Å². The normalized spacial score (nSPS) is 24.6. The molecule has 1 aliphatic rings. The van der Waals surface area contributed by atoms with Crippen LogP contribution < -0.4 is 10.0 Å². The fraction of sp³-hybridized carbons (Fsp3) is 0.917. The van der Waals surface area contributed by atoms with Gasteiger partial charge in [0.2, 0.25) is 15.9 Å². The predicted octanol–water partition coefficient (Wildman–Crippen LogP) is -0.849. The lowest BCUT2D eigenvalue weighted by atomic mass is 9.99. The van der Waals surface area contributed by atoms with Crippen molar-refractivity contribution in [1.29, 1.82) is 0 Å². The maximum atomic E-state index is 12.2. The number of methoxy groups -OCH3 is 1. The average Bonchev–Trinajstić information content (AvgIpc) is 2.84. The summed E-state index contributed by atoms with van der Waals surface area (Å²) in [4.78, 5) is 13.0. The molecule has 2 N–H and O–H groups in total. The molecule has 0 aromatic rings. The Hall–Kier alpha value is -0.700. The third kappa shape index (κ3) is 4.15. The van der Waals surface area contributed by atoms with Crippen LogP contribution in [0.2, 0.25) is 0 Å². The Labute approximate surface area is 121 Å². The van der Waals surface area contributed by atoms with Crippen LogP contribution in [0, 0.1) is 0 Å². The Bertz CT molecular complexity index is 430. The second kappa shape index (κ2) is 6.84. The van der Waals surface area contributed by atoms with Crippen molar-refractivity contribution in [2.75, 3.05) is 40.9 Å². The van der Waals surface area contributed by atoms with Gasteiger partial charge in [0.25, 0.3) is 0 Å². The number of hydrogen-bond acceptors (Lipinski definition) is 5. The third-order valence-electron chi connectivity index (χ3n) is 3.62. The van der Waals surface area contributed by atoms with E-state index in [4.69, 9.17) is 4.74 Å². The lowest BCUT2D eigenvalue weighted by molar-refractivity contribution is -0.127. The van der Waals surface area contributed by atoms with E-state index in [0.29, 0.717) is 6.61 Å². The Morgan fingerprint density at radius 3 is 2.60 bits per heavy atom. The van der Waals surface area contributed by atoms with E-state index in [1.165, 1.54) is 11.8 Å². The average molecular weight is 307 g/mol. The van der Waals surface area contributed by atoms with Crippen molar-refractivity contribution in [3.8, 4) is 0 Å². The Morgan fingerprint density at radius 1 is 1.50 bits per heavy atom. The molecule has 0 radical (unpaired) electrons. The van der Waals surface area contributed by atoms with Gasteiger partial charge in [0.1, 0.15) is 0 Å². The summed E-state index contributed by atoms with van der Waals surface area (Å²) in [7, 11) is 0.988. The fourth-order valence-corrected chi connectivity index (χ4v) is 3.53. The molecule has 1 saturated heterocycles. The molecule has 0 aromatic carbocycles. The predicted molar refractivity (Wildman–Crippen MR) is 76.9 cm³/mol. The molecule has 0 spiro atoms. The SMILES string of the molecule is COCC1(CNS(=O)(=O)C(C)C(=O)N(C)C)CCCN1. The number of carbonyl (C=O) groups is 1. The van der Waals surface area contributed by atoms with Gasteiger partial charge < -0.3 is 15.0 Å². The molecule has 20 heavy (non-hydrogen) atoms. The molecule has 0 bridgehead atoms. The summed E-state index contributed by atoms with van der Waals surface area (Å²) in [5.41, 5.74) is -0.372. The number of amides is 1. The van der Waals surface area contributed by atoms with Gasteiger partial charge in [-0.3, -0.25) is 4.79 Å². The molecule has 2 atom stereocenters. The van der Waals surface area contributed by atoms with Gasteiger partial charge in [0, 0.05) is 27.7 Å². The molecule has 0 aliphatic carbocycles. The lowest BCUT2D eigenvalue weighted by Gasteiger charge is -2.29. The molecule has 2 unspecified atom stereocenters. The van der Waals surface area contributed by atoms with Crippen LogP contribution in [-0.4, -0.2) is 70.9 Å². The maximum Gasteiger partial charge on any atom is 0.241 e. The van der Waals surface area contributed by atoms with Crippen molar-refractivity contribution in [1.82, 2.24) is 14.9 Å². The maximum absolute atomic E-state index is 12.2. The fourth-order valence-electron chi connectivity index (χ4n) is 2.33. The number of nitrogens with zero attached hydrogens (tertiary/aromatic N) is 1. The Balaban J connectivity index is 2.69. The molecular formula is C12H25N3O4S. The Kier molecular flexibility index (Phi) is 5.93. The van der Waals surface area contributed by atoms with E-state index in [2.05, 4.69) is 10.0 Å². The van der Waals surface area contributed by atoms with E-state index in [1.807, 2.05) is 0 Å². The van der Waals surface area contributed by atoms with Gasteiger partial charge in [-0.05, 0) is 26.3 Å². The minimum atomic E-state index is -3.69. The van der Waals surface area contributed by atoms with E-state index in [0.717, 1.165) is 19.4 Å².